The van der Waals surface area contributed by atoms with Crippen molar-refractivity contribution in [1.82, 2.24) is 25.2 Å². The average Bonchev–Trinajstić information content (AvgIpc) is 3.38. The van der Waals surface area contributed by atoms with Crippen molar-refractivity contribution in [2.24, 2.45) is 0 Å². The molecular weight excluding hydrogens is 433 g/mol. The Labute approximate surface area is 199 Å². The van der Waals surface area contributed by atoms with Gasteiger partial charge in [0.05, 0.1) is 33.2 Å². The number of unbranched alkanes of at least 4 members (excludes halogenated alkanes) is 1. The molecule has 2 aromatic carbocycles. The van der Waals surface area contributed by atoms with Crippen molar-refractivity contribution in [3.8, 4) is 22.9 Å². The van der Waals surface area contributed by atoms with E-state index in [1.165, 1.54) is 11.1 Å². The predicted octanol–water partition coefficient (Wildman–Crippen LogP) is 2.86. The van der Waals surface area contributed by atoms with E-state index in [1.54, 1.807) is 32.2 Å². The molecule has 180 valence electrons. The Balaban J connectivity index is 1.20. The fourth-order valence-electron chi connectivity index (χ4n) is 4.11. The Kier molecular flexibility index (Phi) is 7.64. The van der Waals surface area contributed by atoms with Crippen molar-refractivity contribution in [3.63, 3.8) is 0 Å². The molecule has 1 N–H and O–H groups in total. The molecule has 1 aliphatic rings. The highest BCUT2D eigenvalue weighted by Crippen LogP contribution is 2.33. The van der Waals surface area contributed by atoms with Crippen LogP contribution in [0.25, 0.3) is 5.69 Å². The van der Waals surface area contributed by atoms with Gasteiger partial charge in [-0.25, -0.2) is 4.68 Å². The smallest absolute Gasteiger partial charge is 0.273 e. The molecule has 0 saturated heterocycles. The lowest BCUT2D eigenvalue weighted by Crippen LogP contribution is -2.32. The van der Waals surface area contributed by atoms with Gasteiger partial charge in [0.15, 0.2) is 17.2 Å². The minimum Gasteiger partial charge on any atom is -0.497 e. The molecule has 1 aliphatic heterocycles. The summed E-state index contributed by atoms with van der Waals surface area (Å²) in [5, 5.41) is 11.0. The van der Waals surface area contributed by atoms with E-state index in [9.17, 15) is 4.79 Å². The molecule has 0 saturated carbocycles. The monoisotopic (exact) mass is 464 g/mol. The first-order valence-electron chi connectivity index (χ1n) is 11.4. The highest BCUT2D eigenvalue weighted by Gasteiger charge is 2.19. The Morgan fingerprint density at radius 2 is 1.74 bits per heavy atom. The maximum absolute atomic E-state index is 12.4. The lowest BCUT2D eigenvalue weighted by Gasteiger charge is -2.29. The molecule has 1 aromatic heterocycles. The van der Waals surface area contributed by atoms with E-state index in [-0.39, 0.29) is 5.91 Å². The van der Waals surface area contributed by atoms with Gasteiger partial charge in [-0.2, -0.15) is 0 Å². The number of nitrogens with zero attached hydrogens (tertiary/aromatic N) is 4. The zero-order valence-corrected chi connectivity index (χ0v) is 19.9. The van der Waals surface area contributed by atoms with E-state index in [0.29, 0.717) is 12.2 Å². The molecule has 9 nitrogen and oxygen atoms in total. The van der Waals surface area contributed by atoms with Crippen LogP contribution >= 0.6 is 0 Å². The lowest BCUT2D eigenvalue weighted by atomic mass is 9.98. The molecule has 0 fully saturated rings. The standard InChI is InChI=1S/C25H31N5O4/c1-32-21-8-6-20(7-9-21)30-17-22(27-28-30)25(31)26-11-4-5-12-29-13-10-18-14-23(33-2)24(34-3)15-19(18)16-29/h6-9,14-15,17H,4-5,10-13,16H2,1-3H3,(H,26,31)/i1-1. The number of benzene rings is 2. The van der Waals surface area contributed by atoms with Crippen LogP contribution in [0.3, 0.4) is 0 Å². The van der Waals surface area contributed by atoms with E-state index in [4.69, 9.17) is 14.2 Å². The zero-order chi connectivity index (χ0) is 23.9. The second-order valence-electron chi connectivity index (χ2n) is 8.21. The molecule has 3 aromatic rings. The molecule has 0 unspecified atom stereocenters. The van der Waals surface area contributed by atoms with Crippen LogP contribution in [0, 0.1) is 0 Å². The van der Waals surface area contributed by atoms with Gasteiger partial charge in [-0.15, -0.1) is 5.10 Å². The third-order valence-electron chi connectivity index (χ3n) is 6.05. The number of hydrogen-bond donors (Lipinski definition) is 1. The maximum atomic E-state index is 12.4. The van der Waals surface area contributed by atoms with Crippen molar-refractivity contribution in [1.29, 1.82) is 0 Å². The molecule has 0 atom stereocenters. The van der Waals surface area contributed by atoms with Crippen molar-refractivity contribution >= 4 is 5.91 Å². The van der Waals surface area contributed by atoms with Gasteiger partial charge >= 0.3 is 0 Å². The van der Waals surface area contributed by atoms with E-state index >= 15 is 0 Å². The summed E-state index contributed by atoms with van der Waals surface area (Å²) < 4.78 is 17.6. The van der Waals surface area contributed by atoms with Crippen LogP contribution in [0.15, 0.2) is 42.6 Å². The van der Waals surface area contributed by atoms with Gasteiger partial charge in [0.2, 0.25) is 0 Å². The highest BCUT2D eigenvalue weighted by atomic mass is 16.5. The Hall–Kier alpha value is -3.59. The summed E-state index contributed by atoms with van der Waals surface area (Å²) >= 11 is 0. The normalized spacial score (nSPS) is 13.3. The number of aromatic nitrogens is 3. The molecule has 9 heteroatoms. The van der Waals surface area contributed by atoms with Gasteiger partial charge in [-0.3, -0.25) is 9.69 Å². The number of nitrogens with one attached hydrogen (secondary N) is 1. The van der Waals surface area contributed by atoms with E-state index < -0.39 is 0 Å². The number of fused-ring (bicyclic) bond motifs is 1. The van der Waals surface area contributed by atoms with Gasteiger partial charge in [0.25, 0.3) is 5.91 Å². The first-order chi connectivity index (χ1) is 16.6. The summed E-state index contributed by atoms with van der Waals surface area (Å²) in [6.07, 6.45) is 4.52. The van der Waals surface area contributed by atoms with Crippen LogP contribution in [0.2, 0.25) is 0 Å². The molecule has 34 heavy (non-hydrogen) atoms. The van der Waals surface area contributed by atoms with Crippen LogP contribution in [0.1, 0.15) is 34.5 Å². The molecular formula is C25H31N5O4. The Morgan fingerprint density at radius 1 is 1.00 bits per heavy atom. The van der Waals surface area contributed by atoms with Crippen LogP contribution in [0.5, 0.6) is 17.2 Å². The fraction of sp³-hybridized carbons (Fsp3) is 0.400. The number of hydrogen-bond acceptors (Lipinski definition) is 7. The molecule has 2 heterocycles. The molecule has 1 amide bonds. The van der Waals surface area contributed by atoms with Crippen molar-refractivity contribution in [2.45, 2.75) is 25.8 Å². The molecule has 0 aliphatic carbocycles. The quantitative estimate of drug-likeness (QED) is 0.462. The van der Waals surface area contributed by atoms with Gasteiger partial charge in [-0.1, -0.05) is 5.21 Å². The van der Waals surface area contributed by atoms with Crippen LogP contribution in [-0.4, -0.2) is 66.8 Å². The highest BCUT2D eigenvalue weighted by molar-refractivity contribution is 5.91. The largest absolute Gasteiger partial charge is 0.497 e. The van der Waals surface area contributed by atoms with Crippen molar-refractivity contribution in [3.05, 3.63) is 59.4 Å². The van der Waals surface area contributed by atoms with Gasteiger partial charge in [0, 0.05) is 19.6 Å². The first kappa shape index (κ1) is 23.6. The van der Waals surface area contributed by atoms with E-state index in [2.05, 4.69) is 32.7 Å². The second kappa shape index (κ2) is 11.0. The van der Waals surface area contributed by atoms with Gasteiger partial charge in [0.1, 0.15) is 5.75 Å². The summed E-state index contributed by atoms with van der Waals surface area (Å²) in [7, 11) is 4.95. The number of methoxy groups -OCH3 is 3. The molecule has 4 rings (SSSR count). The molecule has 0 bridgehead atoms. The minimum absolute atomic E-state index is 0.215. The number of carbonyl (C=O) groups is 1. The minimum atomic E-state index is -0.215. The van der Waals surface area contributed by atoms with Crippen molar-refractivity contribution < 1.29 is 19.0 Å². The van der Waals surface area contributed by atoms with Crippen molar-refractivity contribution in [2.75, 3.05) is 41.0 Å². The third kappa shape index (κ3) is 5.48. The lowest BCUT2D eigenvalue weighted by molar-refractivity contribution is 0.0947. The number of carbonyl (C=O) groups excluding carboxylic acids is 1. The van der Waals surface area contributed by atoms with E-state index in [0.717, 1.165) is 61.8 Å². The molecule has 0 spiro atoms. The number of rotatable bonds is 10. The summed E-state index contributed by atoms with van der Waals surface area (Å²) in [6, 6.07) is 11.6. The average molecular weight is 465 g/mol. The van der Waals surface area contributed by atoms with Gasteiger partial charge < -0.3 is 19.5 Å². The maximum Gasteiger partial charge on any atom is 0.273 e. The zero-order valence-electron chi connectivity index (χ0n) is 19.9. The SMILES string of the molecule is COc1cc2c(cc1OC)CN(CCCCNC(=O)c1cn(-c3ccc(O[11CH3])cc3)nn1)CC2. The summed E-state index contributed by atoms with van der Waals surface area (Å²) in [6.45, 7) is 3.50. The van der Waals surface area contributed by atoms with Crippen LogP contribution in [0.4, 0.5) is 0 Å². The Bertz CT molecular complexity index is 1110. The number of ether oxygens (including phenoxy) is 3. The third-order valence-corrected chi connectivity index (χ3v) is 6.05. The van der Waals surface area contributed by atoms with E-state index in [1.807, 2.05) is 24.3 Å². The molecule has 0 radical (unpaired) electrons. The Morgan fingerprint density at radius 3 is 2.44 bits per heavy atom. The topological polar surface area (TPSA) is 90.7 Å². The van der Waals surface area contributed by atoms with Crippen LogP contribution < -0.4 is 19.5 Å². The first-order valence-corrected chi connectivity index (χ1v) is 11.4. The summed E-state index contributed by atoms with van der Waals surface area (Å²) in [5.41, 5.74) is 3.72. The second-order valence-corrected chi connectivity index (χ2v) is 8.21. The fourth-order valence-corrected chi connectivity index (χ4v) is 4.11. The summed E-state index contributed by atoms with van der Waals surface area (Å²) in [4.78, 5) is 14.9. The van der Waals surface area contributed by atoms with Crippen LogP contribution in [-0.2, 0) is 13.0 Å². The van der Waals surface area contributed by atoms with Gasteiger partial charge in [-0.05, 0) is 73.3 Å². The number of amides is 1. The summed E-state index contributed by atoms with van der Waals surface area (Å²) in [5.74, 6) is 2.10. The predicted molar refractivity (Wildman–Crippen MR) is 128 cm³/mol.